The SMILES string of the molecule is CNCCCN1CCn2c(-c3nc4cc(C(=O)N5CCCC(N)C5)cc(OC)c4n3C)cc3cccc1c32. The molecule has 1 saturated heterocycles. The molecule has 1 amide bonds. The van der Waals surface area contributed by atoms with Crippen LogP contribution in [0, 0.1) is 0 Å². The standard InChI is InChI=1S/C29H37N7O2/c1-31-10-6-12-34-13-14-36-24(16-19-7-4-9-23(34)26(19)36)28-32-22-15-20(17-25(38-3)27(22)33(28)2)29(37)35-11-5-8-21(30)18-35/h4,7,9,15-17,21,31H,5-6,8,10-14,18,30H2,1-3H3. The number of nitrogens with one attached hydrogen (secondary N) is 1. The number of carbonyl (C=O) groups excluding carboxylic acids is 1. The van der Waals surface area contributed by atoms with Crippen LogP contribution in [0.2, 0.25) is 0 Å². The third kappa shape index (κ3) is 4.10. The Balaban J connectivity index is 1.42. The normalized spacial score (nSPS) is 17.5. The topological polar surface area (TPSA) is 93.6 Å². The molecule has 2 aliphatic rings. The van der Waals surface area contributed by atoms with Gasteiger partial charge in [0.05, 0.1) is 29.5 Å². The molecule has 200 valence electrons. The number of piperidine rings is 1. The summed E-state index contributed by atoms with van der Waals surface area (Å²) in [6.07, 6.45) is 2.99. The molecular weight excluding hydrogens is 478 g/mol. The van der Waals surface area contributed by atoms with E-state index < -0.39 is 0 Å². The van der Waals surface area contributed by atoms with Gasteiger partial charge in [-0.15, -0.1) is 0 Å². The molecule has 1 fully saturated rings. The molecule has 2 aliphatic heterocycles. The monoisotopic (exact) mass is 515 g/mol. The number of rotatable bonds is 7. The highest BCUT2D eigenvalue weighted by atomic mass is 16.5. The zero-order valence-corrected chi connectivity index (χ0v) is 22.5. The summed E-state index contributed by atoms with van der Waals surface area (Å²) in [4.78, 5) is 22.8. The van der Waals surface area contributed by atoms with Gasteiger partial charge in [0.15, 0.2) is 5.82 Å². The van der Waals surface area contributed by atoms with Crippen molar-refractivity contribution in [1.82, 2.24) is 24.3 Å². The van der Waals surface area contributed by atoms with Crippen molar-refractivity contribution in [2.75, 3.05) is 51.8 Å². The Morgan fingerprint density at radius 1 is 1.18 bits per heavy atom. The number of likely N-dealkylation sites (tertiary alicyclic amines) is 1. The van der Waals surface area contributed by atoms with Gasteiger partial charge in [-0.3, -0.25) is 4.79 Å². The fourth-order valence-electron chi connectivity index (χ4n) is 6.19. The van der Waals surface area contributed by atoms with Gasteiger partial charge in [0.2, 0.25) is 0 Å². The summed E-state index contributed by atoms with van der Waals surface area (Å²) in [6.45, 7) is 5.21. The second kappa shape index (κ2) is 9.96. The molecule has 1 atom stereocenters. The maximum absolute atomic E-state index is 13.4. The third-order valence-electron chi connectivity index (χ3n) is 8.06. The number of hydrogen-bond donors (Lipinski definition) is 2. The first-order valence-corrected chi connectivity index (χ1v) is 13.6. The molecule has 9 heteroatoms. The Hall–Kier alpha value is -3.56. The Morgan fingerprint density at radius 2 is 2.05 bits per heavy atom. The first-order chi connectivity index (χ1) is 18.5. The van der Waals surface area contributed by atoms with Gasteiger partial charge in [0.1, 0.15) is 11.3 Å². The Kier molecular flexibility index (Phi) is 6.49. The van der Waals surface area contributed by atoms with Crippen molar-refractivity contribution in [1.29, 1.82) is 0 Å². The predicted molar refractivity (Wildman–Crippen MR) is 152 cm³/mol. The number of para-hydroxylation sites is 1. The Labute approximate surface area is 223 Å². The first-order valence-electron chi connectivity index (χ1n) is 13.6. The summed E-state index contributed by atoms with van der Waals surface area (Å²) < 4.78 is 10.3. The summed E-state index contributed by atoms with van der Waals surface area (Å²) in [5, 5.41) is 4.47. The number of benzene rings is 2. The van der Waals surface area contributed by atoms with E-state index in [0.29, 0.717) is 17.9 Å². The maximum Gasteiger partial charge on any atom is 0.254 e. The minimum Gasteiger partial charge on any atom is -0.494 e. The zero-order chi connectivity index (χ0) is 26.4. The van der Waals surface area contributed by atoms with Crippen molar-refractivity contribution in [3.8, 4) is 17.3 Å². The molecule has 38 heavy (non-hydrogen) atoms. The van der Waals surface area contributed by atoms with Gasteiger partial charge in [-0.2, -0.15) is 0 Å². The molecular formula is C29H37N7O2. The minimum absolute atomic E-state index is 0.0147. The van der Waals surface area contributed by atoms with E-state index in [1.807, 2.05) is 31.1 Å². The van der Waals surface area contributed by atoms with Gasteiger partial charge in [-0.05, 0) is 57.1 Å². The molecule has 2 aromatic heterocycles. The van der Waals surface area contributed by atoms with Crippen LogP contribution in [0.25, 0.3) is 33.5 Å². The molecule has 0 saturated carbocycles. The van der Waals surface area contributed by atoms with E-state index in [1.54, 1.807) is 7.11 Å². The first kappa shape index (κ1) is 24.8. The number of amides is 1. The molecule has 4 heterocycles. The van der Waals surface area contributed by atoms with Crippen LogP contribution in [-0.2, 0) is 13.6 Å². The summed E-state index contributed by atoms with van der Waals surface area (Å²) >= 11 is 0. The predicted octanol–water partition coefficient (Wildman–Crippen LogP) is 3.20. The number of nitrogens with two attached hydrogens (primary N) is 1. The van der Waals surface area contributed by atoms with Gasteiger partial charge in [0, 0.05) is 56.8 Å². The Morgan fingerprint density at radius 3 is 2.84 bits per heavy atom. The van der Waals surface area contributed by atoms with Crippen LogP contribution in [0.4, 0.5) is 5.69 Å². The van der Waals surface area contributed by atoms with Gasteiger partial charge < -0.3 is 34.7 Å². The van der Waals surface area contributed by atoms with Crippen LogP contribution in [0.5, 0.6) is 5.75 Å². The van der Waals surface area contributed by atoms with E-state index >= 15 is 0 Å². The second-order valence-electron chi connectivity index (χ2n) is 10.5. The highest BCUT2D eigenvalue weighted by Gasteiger charge is 2.27. The van der Waals surface area contributed by atoms with Crippen molar-refractivity contribution >= 4 is 33.5 Å². The van der Waals surface area contributed by atoms with E-state index in [0.717, 1.165) is 74.5 Å². The number of ether oxygens (including phenoxy) is 1. The molecule has 3 N–H and O–H groups in total. The molecule has 2 aromatic carbocycles. The molecule has 6 rings (SSSR count). The molecule has 0 spiro atoms. The smallest absolute Gasteiger partial charge is 0.254 e. The van der Waals surface area contributed by atoms with E-state index in [-0.39, 0.29) is 11.9 Å². The number of methoxy groups -OCH3 is 1. The maximum atomic E-state index is 13.4. The lowest BCUT2D eigenvalue weighted by molar-refractivity contribution is 0.0708. The molecule has 0 radical (unpaired) electrons. The van der Waals surface area contributed by atoms with Gasteiger partial charge >= 0.3 is 0 Å². The fraction of sp³-hybridized carbons (Fsp3) is 0.448. The summed E-state index contributed by atoms with van der Waals surface area (Å²) in [6, 6.07) is 12.6. The number of nitrogens with zero attached hydrogens (tertiary/aromatic N) is 5. The van der Waals surface area contributed by atoms with Crippen molar-refractivity contribution in [3.63, 3.8) is 0 Å². The lowest BCUT2D eigenvalue weighted by Gasteiger charge is -2.31. The zero-order valence-electron chi connectivity index (χ0n) is 22.5. The van der Waals surface area contributed by atoms with Gasteiger partial charge in [0.25, 0.3) is 5.91 Å². The average molecular weight is 516 g/mol. The number of imidazole rings is 1. The quantitative estimate of drug-likeness (QED) is 0.367. The van der Waals surface area contributed by atoms with Crippen LogP contribution >= 0.6 is 0 Å². The average Bonchev–Trinajstić information content (AvgIpc) is 3.47. The lowest BCUT2D eigenvalue weighted by atomic mass is 10.0. The number of fused-ring (bicyclic) bond motifs is 1. The van der Waals surface area contributed by atoms with Crippen molar-refractivity contribution in [3.05, 3.63) is 42.0 Å². The van der Waals surface area contributed by atoms with Crippen LogP contribution in [0.1, 0.15) is 29.6 Å². The van der Waals surface area contributed by atoms with Gasteiger partial charge in [-0.25, -0.2) is 4.98 Å². The van der Waals surface area contributed by atoms with Crippen LogP contribution < -0.4 is 20.7 Å². The molecule has 9 nitrogen and oxygen atoms in total. The van der Waals surface area contributed by atoms with Crippen molar-refractivity contribution in [2.45, 2.75) is 31.8 Å². The van der Waals surface area contributed by atoms with Crippen molar-refractivity contribution < 1.29 is 9.53 Å². The number of hydrogen-bond acceptors (Lipinski definition) is 6. The van der Waals surface area contributed by atoms with E-state index in [9.17, 15) is 4.79 Å². The highest BCUT2D eigenvalue weighted by molar-refractivity contribution is 6.01. The Bertz CT molecular complexity index is 1500. The summed E-state index contributed by atoms with van der Waals surface area (Å²) in [5.74, 6) is 1.51. The summed E-state index contributed by atoms with van der Waals surface area (Å²) in [5.41, 5.74) is 12.0. The van der Waals surface area contributed by atoms with Crippen molar-refractivity contribution in [2.24, 2.45) is 12.8 Å². The molecule has 0 aliphatic carbocycles. The largest absolute Gasteiger partial charge is 0.494 e. The number of carbonyl (C=O) groups is 1. The van der Waals surface area contributed by atoms with E-state index in [1.165, 1.54) is 16.6 Å². The number of aryl methyl sites for hydroxylation is 1. The van der Waals surface area contributed by atoms with E-state index in [2.05, 4.69) is 43.6 Å². The molecule has 1 unspecified atom stereocenters. The summed E-state index contributed by atoms with van der Waals surface area (Å²) in [7, 11) is 5.68. The minimum atomic E-state index is -0.0147. The van der Waals surface area contributed by atoms with E-state index in [4.69, 9.17) is 15.5 Å². The highest BCUT2D eigenvalue weighted by Crippen LogP contribution is 2.39. The third-order valence-corrected chi connectivity index (χ3v) is 8.06. The lowest BCUT2D eigenvalue weighted by Crippen LogP contribution is -2.45. The van der Waals surface area contributed by atoms with Crippen LogP contribution in [0.15, 0.2) is 36.4 Å². The number of anilines is 1. The van der Waals surface area contributed by atoms with Crippen LogP contribution in [-0.4, -0.2) is 77.8 Å². The fourth-order valence-corrected chi connectivity index (χ4v) is 6.19. The number of aromatic nitrogens is 3. The molecule has 0 bridgehead atoms. The van der Waals surface area contributed by atoms with Gasteiger partial charge in [-0.1, -0.05) is 12.1 Å². The second-order valence-corrected chi connectivity index (χ2v) is 10.5. The molecule has 4 aromatic rings. The van der Waals surface area contributed by atoms with Crippen LogP contribution in [0.3, 0.4) is 0 Å².